The standard InChI is InChI=1S/C48H91N2O7P/c1-3-5-7-9-11-13-15-17-19-20-21-22-23-24-26-27-29-31-33-35-37-39-45(51)43-48(53)50-46(44-57-58(54,55)56-42-41-49)47(52)40-38-36-34-32-30-28-25-18-16-14-12-10-8-6-4-2/h16,18,24,26,30,32,38,40,45-47,51-52H,3-15,17,19-23,25,27-29,31,33-37,39,41-44,49H2,1-2H3,(H,50,53)(H,54,55)/b18-16+,26-24-,32-30+,40-38+. The Hall–Kier alpha value is -1.58. The van der Waals surface area contributed by atoms with E-state index in [1.54, 1.807) is 6.08 Å². The van der Waals surface area contributed by atoms with Gasteiger partial charge in [-0.3, -0.25) is 13.8 Å². The average molecular weight is 839 g/mol. The van der Waals surface area contributed by atoms with E-state index in [4.69, 9.17) is 14.8 Å². The van der Waals surface area contributed by atoms with Crippen molar-refractivity contribution in [2.24, 2.45) is 5.73 Å². The van der Waals surface area contributed by atoms with Gasteiger partial charge in [0.25, 0.3) is 0 Å². The molecule has 0 bridgehead atoms. The summed E-state index contributed by atoms with van der Waals surface area (Å²) in [6, 6.07) is -1.01. The van der Waals surface area contributed by atoms with Crippen molar-refractivity contribution in [3.05, 3.63) is 48.6 Å². The molecule has 6 N–H and O–H groups in total. The number of nitrogens with two attached hydrogens (primary N) is 1. The predicted octanol–water partition coefficient (Wildman–Crippen LogP) is 12.6. The number of amides is 1. The zero-order valence-electron chi connectivity index (χ0n) is 37.4. The molecule has 0 aromatic carbocycles. The van der Waals surface area contributed by atoms with E-state index in [2.05, 4.69) is 55.6 Å². The van der Waals surface area contributed by atoms with Gasteiger partial charge in [-0.2, -0.15) is 0 Å². The Balaban J connectivity index is 4.28. The van der Waals surface area contributed by atoms with Crippen LogP contribution in [0.5, 0.6) is 0 Å². The molecule has 58 heavy (non-hydrogen) atoms. The second kappa shape index (κ2) is 43.5. The molecule has 0 aromatic rings. The summed E-state index contributed by atoms with van der Waals surface area (Å²) < 4.78 is 22.1. The summed E-state index contributed by atoms with van der Waals surface area (Å²) in [4.78, 5) is 22.8. The summed E-state index contributed by atoms with van der Waals surface area (Å²) in [5.74, 6) is -0.465. The molecule has 1 amide bonds. The maximum atomic E-state index is 12.8. The molecule has 0 aliphatic heterocycles. The van der Waals surface area contributed by atoms with Crippen LogP contribution in [-0.4, -0.2) is 59.0 Å². The Morgan fingerprint density at radius 3 is 1.43 bits per heavy atom. The number of allylic oxidation sites excluding steroid dienone is 7. The minimum atomic E-state index is -4.42. The van der Waals surface area contributed by atoms with Gasteiger partial charge in [0.15, 0.2) is 0 Å². The molecule has 9 nitrogen and oxygen atoms in total. The number of carbonyl (C=O) groups excluding carboxylic acids is 1. The minimum Gasteiger partial charge on any atom is -0.393 e. The molecule has 4 unspecified atom stereocenters. The van der Waals surface area contributed by atoms with E-state index in [9.17, 15) is 24.5 Å². The number of phosphoric acid groups is 1. The molecular weight excluding hydrogens is 748 g/mol. The first-order chi connectivity index (χ1) is 28.3. The van der Waals surface area contributed by atoms with Crippen molar-refractivity contribution in [2.75, 3.05) is 19.8 Å². The van der Waals surface area contributed by atoms with Gasteiger partial charge in [-0.05, 0) is 70.6 Å². The number of hydrogen-bond acceptors (Lipinski definition) is 7. The predicted molar refractivity (Wildman–Crippen MR) is 246 cm³/mol. The van der Waals surface area contributed by atoms with Crippen molar-refractivity contribution >= 4 is 13.7 Å². The SMILES string of the molecule is CCCCCCC/C=C/CC/C=C/CC/C=C/C(O)C(COP(=O)(O)OCCN)NC(=O)CC(O)CCCCCCC/C=C\CCCCCCCCCCCCCC. The molecule has 0 rings (SSSR count). The van der Waals surface area contributed by atoms with Crippen LogP contribution in [0.1, 0.15) is 213 Å². The molecular formula is C48H91N2O7P. The lowest BCUT2D eigenvalue weighted by molar-refractivity contribution is -0.124. The van der Waals surface area contributed by atoms with E-state index in [1.165, 1.54) is 122 Å². The summed E-state index contributed by atoms with van der Waals surface area (Å²) in [5, 5.41) is 24.1. The normalized spacial score (nSPS) is 14.9. The van der Waals surface area contributed by atoms with Crippen LogP contribution >= 0.6 is 7.82 Å². The number of nitrogens with one attached hydrogen (secondary N) is 1. The molecule has 340 valence electrons. The minimum absolute atomic E-state index is 0.0403. The third kappa shape index (κ3) is 41.2. The van der Waals surface area contributed by atoms with Crippen LogP contribution in [0.4, 0.5) is 0 Å². The van der Waals surface area contributed by atoms with Crippen molar-refractivity contribution in [3.63, 3.8) is 0 Å². The summed E-state index contributed by atoms with van der Waals surface area (Å²) >= 11 is 0. The van der Waals surface area contributed by atoms with E-state index in [-0.39, 0.29) is 19.6 Å². The van der Waals surface area contributed by atoms with Gasteiger partial charge in [-0.15, -0.1) is 0 Å². The van der Waals surface area contributed by atoms with Crippen LogP contribution in [0.15, 0.2) is 48.6 Å². The smallest absolute Gasteiger partial charge is 0.393 e. The van der Waals surface area contributed by atoms with Crippen LogP contribution < -0.4 is 11.1 Å². The Morgan fingerprint density at radius 2 is 0.983 bits per heavy atom. The fourth-order valence-electron chi connectivity index (χ4n) is 6.79. The zero-order valence-corrected chi connectivity index (χ0v) is 38.3. The van der Waals surface area contributed by atoms with E-state index in [0.29, 0.717) is 12.8 Å². The van der Waals surface area contributed by atoms with E-state index < -0.39 is 38.6 Å². The highest BCUT2D eigenvalue weighted by atomic mass is 31.2. The van der Waals surface area contributed by atoms with Gasteiger partial charge in [0.1, 0.15) is 0 Å². The largest absolute Gasteiger partial charge is 0.472 e. The first-order valence-electron chi connectivity index (χ1n) is 23.8. The topological polar surface area (TPSA) is 151 Å². The lowest BCUT2D eigenvalue weighted by Gasteiger charge is -2.24. The number of carbonyl (C=O) groups is 1. The number of aliphatic hydroxyl groups excluding tert-OH is 2. The monoisotopic (exact) mass is 839 g/mol. The fourth-order valence-corrected chi connectivity index (χ4v) is 7.55. The summed E-state index contributed by atoms with van der Waals surface area (Å²) in [6.45, 7) is 3.93. The van der Waals surface area contributed by atoms with Crippen LogP contribution in [0.3, 0.4) is 0 Å². The van der Waals surface area contributed by atoms with Crippen LogP contribution in [-0.2, 0) is 18.4 Å². The second-order valence-electron chi connectivity index (χ2n) is 16.1. The van der Waals surface area contributed by atoms with Crippen molar-refractivity contribution in [2.45, 2.75) is 231 Å². The molecule has 0 saturated carbocycles. The first kappa shape index (κ1) is 56.4. The van der Waals surface area contributed by atoms with E-state index in [0.717, 1.165) is 57.8 Å². The lowest BCUT2D eigenvalue weighted by atomic mass is 10.0. The molecule has 0 spiro atoms. The molecule has 0 aliphatic carbocycles. The molecule has 0 radical (unpaired) electrons. The fraction of sp³-hybridized carbons (Fsp3) is 0.812. The van der Waals surface area contributed by atoms with Gasteiger partial charge < -0.3 is 26.2 Å². The highest BCUT2D eigenvalue weighted by Gasteiger charge is 2.27. The van der Waals surface area contributed by atoms with Crippen LogP contribution in [0.2, 0.25) is 0 Å². The first-order valence-corrected chi connectivity index (χ1v) is 25.3. The quantitative estimate of drug-likeness (QED) is 0.0231. The summed E-state index contributed by atoms with van der Waals surface area (Å²) in [5.41, 5.74) is 5.36. The Bertz CT molecular complexity index is 1070. The molecule has 10 heteroatoms. The maximum absolute atomic E-state index is 12.8. The molecule has 0 heterocycles. The van der Waals surface area contributed by atoms with Gasteiger partial charge >= 0.3 is 7.82 Å². The number of aliphatic hydroxyl groups is 2. The molecule has 0 aliphatic rings. The van der Waals surface area contributed by atoms with Crippen LogP contribution in [0, 0.1) is 0 Å². The molecule has 4 atom stereocenters. The van der Waals surface area contributed by atoms with Crippen LogP contribution in [0.25, 0.3) is 0 Å². The highest BCUT2D eigenvalue weighted by Crippen LogP contribution is 2.43. The number of phosphoric ester groups is 1. The van der Waals surface area contributed by atoms with Crippen molar-refractivity contribution in [3.8, 4) is 0 Å². The summed E-state index contributed by atoms with van der Waals surface area (Å²) in [7, 11) is -4.42. The van der Waals surface area contributed by atoms with Crippen molar-refractivity contribution < 1.29 is 33.5 Å². The molecule has 0 saturated heterocycles. The Kier molecular flexibility index (Phi) is 42.3. The Morgan fingerprint density at radius 1 is 0.586 bits per heavy atom. The zero-order chi connectivity index (χ0) is 42.6. The number of rotatable bonds is 44. The van der Waals surface area contributed by atoms with Gasteiger partial charge in [0.2, 0.25) is 5.91 Å². The summed E-state index contributed by atoms with van der Waals surface area (Å²) in [6.07, 6.45) is 50.6. The third-order valence-electron chi connectivity index (χ3n) is 10.4. The number of hydrogen-bond donors (Lipinski definition) is 5. The maximum Gasteiger partial charge on any atom is 0.472 e. The molecule has 0 fully saturated rings. The number of unbranched alkanes of at least 4 members (excludes halogenated alkanes) is 24. The highest BCUT2D eigenvalue weighted by molar-refractivity contribution is 7.47. The van der Waals surface area contributed by atoms with Gasteiger partial charge in [0.05, 0.1) is 37.9 Å². The van der Waals surface area contributed by atoms with E-state index in [1.807, 2.05) is 6.08 Å². The van der Waals surface area contributed by atoms with Crippen molar-refractivity contribution in [1.29, 1.82) is 0 Å². The van der Waals surface area contributed by atoms with E-state index >= 15 is 0 Å². The van der Waals surface area contributed by atoms with Gasteiger partial charge in [0, 0.05) is 6.54 Å². The van der Waals surface area contributed by atoms with Gasteiger partial charge in [-0.25, -0.2) is 4.57 Å². The molecule has 0 aromatic heterocycles. The van der Waals surface area contributed by atoms with Crippen molar-refractivity contribution in [1.82, 2.24) is 5.32 Å². The lowest BCUT2D eigenvalue weighted by Crippen LogP contribution is -2.46. The Labute approximate surface area is 356 Å². The average Bonchev–Trinajstić information content (AvgIpc) is 3.20. The third-order valence-corrected chi connectivity index (χ3v) is 11.4. The van der Waals surface area contributed by atoms with Gasteiger partial charge in [-0.1, -0.05) is 184 Å². The second-order valence-corrected chi connectivity index (χ2v) is 17.6.